The Bertz CT molecular complexity index is 896. The first-order valence-electron chi connectivity index (χ1n) is 8.18. The lowest BCUT2D eigenvalue weighted by atomic mass is 10.1. The van der Waals surface area contributed by atoms with Gasteiger partial charge in [0, 0.05) is 28.8 Å². The van der Waals surface area contributed by atoms with Gasteiger partial charge in [-0.2, -0.15) is 4.31 Å². The summed E-state index contributed by atoms with van der Waals surface area (Å²) < 4.78 is 32.9. The van der Waals surface area contributed by atoms with E-state index in [4.69, 9.17) is 4.74 Å². The smallest absolute Gasteiger partial charge is 0.243 e. The Hall–Kier alpha value is -1.74. The summed E-state index contributed by atoms with van der Waals surface area (Å²) in [5.41, 5.74) is 1.16. The van der Waals surface area contributed by atoms with Gasteiger partial charge in [-0.05, 0) is 40.2 Å². The van der Waals surface area contributed by atoms with Crippen LogP contribution in [0.15, 0.2) is 57.9 Å². The van der Waals surface area contributed by atoms with Crippen LogP contribution in [-0.4, -0.2) is 51.4 Å². The van der Waals surface area contributed by atoms with E-state index in [9.17, 15) is 13.2 Å². The third-order valence-corrected chi connectivity index (χ3v) is 6.66. The van der Waals surface area contributed by atoms with Gasteiger partial charge in [0.25, 0.3) is 0 Å². The van der Waals surface area contributed by atoms with E-state index in [2.05, 4.69) is 21.2 Å². The lowest BCUT2D eigenvalue weighted by molar-refractivity contribution is 0.0730. The van der Waals surface area contributed by atoms with Gasteiger partial charge in [0.1, 0.15) is 0 Å². The second-order valence-electron chi connectivity index (χ2n) is 5.80. The highest BCUT2D eigenvalue weighted by Gasteiger charge is 2.26. The normalized spacial score (nSPS) is 15.6. The number of benzene rings is 2. The fraction of sp³-hybridized carbons (Fsp3) is 0.278. The quantitative estimate of drug-likeness (QED) is 0.701. The summed E-state index contributed by atoms with van der Waals surface area (Å²) in [5, 5.41) is 3.06. The monoisotopic (exact) mass is 438 g/mol. The third kappa shape index (κ3) is 4.32. The number of para-hydroxylation sites is 1. The van der Waals surface area contributed by atoms with Crippen molar-refractivity contribution in [3.63, 3.8) is 0 Å². The van der Waals surface area contributed by atoms with Crippen LogP contribution in [0.25, 0.3) is 0 Å². The molecular formula is C18H19BrN2O4S. The number of halogens is 1. The highest BCUT2D eigenvalue weighted by molar-refractivity contribution is 9.10. The molecule has 0 saturated carbocycles. The third-order valence-electron chi connectivity index (χ3n) is 4.08. The van der Waals surface area contributed by atoms with Crippen molar-refractivity contribution in [2.45, 2.75) is 4.90 Å². The summed E-state index contributed by atoms with van der Waals surface area (Å²) in [6.07, 6.45) is 0. The van der Waals surface area contributed by atoms with Gasteiger partial charge >= 0.3 is 0 Å². The molecule has 0 aliphatic carbocycles. The predicted molar refractivity (Wildman–Crippen MR) is 103 cm³/mol. The molecule has 0 atom stereocenters. The number of nitrogens with zero attached hydrogens (tertiary/aromatic N) is 1. The Labute approximate surface area is 161 Å². The van der Waals surface area contributed by atoms with Gasteiger partial charge in [-0.15, -0.1) is 0 Å². The average molecular weight is 439 g/mol. The first-order chi connectivity index (χ1) is 12.5. The topological polar surface area (TPSA) is 75.7 Å². The molecule has 1 aliphatic rings. The van der Waals surface area contributed by atoms with E-state index in [0.29, 0.717) is 31.9 Å². The fourth-order valence-electron chi connectivity index (χ4n) is 2.65. The number of nitrogens with one attached hydrogen (secondary N) is 1. The molecule has 2 aromatic rings. The molecule has 1 saturated heterocycles. The molecule has 0 amide bonds. The Morgan fingerprint density at radius 3 is 2.58 bits per heavy atom. The first kappa shape index (κ1) is 19.0. The van der Waals surface area contributed by atoms with Crippen LogP contribution in [0.4, 0.5) is 5.69 Å². The van der Waals surface area contributed by atoms with Crippen LogP contribution in [0.5, 0.6) is 0 Å². The number of rotatable bonds is 6. The van der Waals surface area contributed by atoms with Gasteiger partial charge in [0.15, 0.2) is 5.78 Å². The van der Waals surface area contributed by atoms with E-state index >= 15 is 0 Å². The Balaban J connectivity index is 1.74. The molecule has 1 N–H and O–H groups in total. The second kappa shape index (κ2) is 8.30. The fourth-order valence-corrected chi connectivity index (χ4v) is 4.53. The van der Waals surface area contributed by atoms with Crippen molar-refractivity contribution in [3.05, 3.63) is 58.6 Å². The molecule has 1 heterocycles. The zero-order valence-electron chi connectivity index (χ0n) is 14.0. The van der Waals surface area contributed by atoms with Crippen molar-refractivity contribution >= 4 is 37.4 Å². The number of carbonyl (C=O) groups excluding carboxylic acids is 1. The van der Waals surface area contributed by atoms with Crippen molar-refractivity contribution in [3.8, 4) is 0 Å². The number of sulfonamides is 1. The lowest BCUT2D eigenvalue weighted by Gasteiger charge is -2.26. The van der Waals surface area contributed by atoms with E-state index < -0.39 is 10.0 Å². The van der Waals surface area contributed by atoms with E-state index in [0.717, 1.165) is 10.2 Å². The molecule has 0 spiro atoms. The molecule has 0 radical (unpaired) electrons. The minimum atomic E-state index is -3.62. The minimum Gasteiger partial charge on any atom is -0.379 e. The molecule has 26 heavy (non-hydrogen) atoms. The number of hydrogen-bond acceptors (Lipinski definition) is 5. The van der Waals surface area contributed by atoms with Gasteiger partial charge in [0.2, 0.25) is 10.0 Å². The number of ether oxygens (including phenoxy) is 1. The number of morpholine rings is 1. The van der Waals surface area contributed by atoms with Crippen molar-refractivity contribution in [2.75, 3.05) is 38.2 Å². The van der Waals surface area contributed by atoms with Crippen LogP contribution < -0.4 is 5.32 Å². The van der Waals surface area contributed by atoms with Crippen molar-refractivity contribution in [1.29, 1.82) is 0 Å². The minimum absolute atomic E-state index is 0.0731. The molecule has 138 valence electrons. The van der Waals surface area contributed by atoms with E-state index in [-0.39, 0.29) is 17.2 Å². The highest BCUT2D eigenvalue weighted by Crippen LogP contribution is 2.22. The largest absolute Gasteiger partial charge is 0.379 e. The molecule has 0 bridgehead atoms. The lowest BCUT2D eigenvalue weighted by Crippen LogP contribution is -2.40. The summed E-state index contributed by atoms with van der Waals surface area (Å²) in [7, 11) is -3.62. The molecule has 3 rings (SSSR count). The van der Waals surface area contributed by atoms with Gasteiger partial charge < -0.3 is 10.1 Å². The summed E-state index contributed by atoms with van der Waals surface area (Å²) in [6, 6.07) is 13.7. The molecule has 6 nitrogen and oxygen atoms in total. The van der Waals surface area contributed by atoms with Gasteiger partial charge in [-0.3, -0.25) is 4.79 Å². The summed E-state index contributed by atoms with van der Waals surface area (Å²) in [6.45, 7) is 1.49. The maximum atomic E-state index is 12.7. The molecule has 0 aromatic heterocycles. The van der Waals surface area contributed by atoms with Crippen LogP contribution in [0.3, 0.4) is 0 Å². The number of ketones is 1. The number of anilines is 1. The molecule has 0 unspecified atom stereocenters. The van der Waals surface area contributed by atoms with Gasteiger partial charge in [-0.1, -0.05) is 24.3 Å². The van der Waals surface area contributed by atoms with E-state index in [1.54, 1.807) is 12.1 Å². The maximum absolute atomic E-state index is 12.7. The number of carbonyl (C=O) groups is 1. The van der Waals surface area contributed by atoms with Crippen LogP contribution in [0, 0.1) is 0 Å². The summed E-state index contributed by atoms with van der Waals surface area (Å²) >= 11 is 3.42. The SMILES string of the molecule is O=C(CNc1ccccc1Br)c1cccc(S(=O)(=O)N2CCOCC2)c1. The van der Waals surface area contributed by atoms with Crippen molar-refractivity contribution in [2.24, 2.45) is 0 Å². The van der Waals surface area contributed by atoms with Gasteiger partial charge in [-0.25, -0.2) is 8.42 Å². The Kier molecular flexibility index (Phi) is 6.08. The highest BCUT2D eigenvalue weighted by atomic mass is 79.9. The maximum Gasteiger partial charge on any atom is 0.243 e. The van der Waals surface area contributed by atoms with Crippen LogP contribution in [-0.2, 0) is 14.8 Å². The van der Waals surface area contributed by atoms with Gasteiger partial charge in [0.05, 0.1) is 24.7 Å². The predicted octanol–water partition coefficient (Wildman–Crippen LogP) is 2.76. The van der Waals surface area contributed by atoms with E-state index in [1.165, 1.54) is 16.4 Å². The standard InChI is InChI=1S/C18H19BrN2O4S/c19-16-6-1-2-7-17(16)20-13-18(22)14-4-3-5-15(12-14)26(23,24)21-8-10-25-11-9-21/h1-7,12,20H,8-11,13H2. The van der Waals surface area contributed by atoms with Crippen LogP contribution in [0.1, 0.15) is 10.4 Å². The molecule has 1 fully saturated rings. The first-order valence-corrected chi connectivity index (χ1v) is 10.4. The Morgan fingerprint density at radius 2 is 1.85 bits per heavy atom. The summed E-state index contributed by atoms with van der Waals surface area (Å²) in [5.74, 6) is -0.181. The molecule has 1 aliphatic heterocycles. The molecule has 2 aromatic carbocycles. The van der Waals surface area contributed by atoms with Crippen molar-refractivity contribution < 1.29 is 17.9 Å². The second-order valence-corrected chi connectivity index (χ2v) is 8.59. The van der Waals surface area contributed by atoms with Crippen LogP contribution in [0.2, 0.25) is 0 Å². The number of hydrogen-bond donors (Lipinski definition) is 1. The van der Waals surface area contributed by atoms with Crippen molar-refractivity contribution in [1.82, 2.24) is 4.31 Å². The Morgan fingerprint density at radius 1 is 1.12 bits per heavy atom. The van der Waals surface area contributed by atoms with E-state index in [1.807, 2.05) is 24.3 Å². The molecule has 8 heteroatoms. The average Bonchev–Trinajstić information content (AvgIpc) is 2.68. The zero-order chi connectivity index (χ0) is 18.6. The number of Topliss-reactive ketones (excluding diaryl/α,β-unsaturated/α-hetero) is 1. The molecular weight excluding hydrogens is 420 g/mol. The zero-order valence-corrected chi connectivity index (χ0v) is 16.4. The van der Waals surface area contributed by atoms with Crippen LogP contribution >= 0.6 is 15.9 Å². The summed E-state index contributed by atoms with van der Waals surface area (Å²) in [4.78, 5) is 12.6.